The summed E-state index contributed by atoms with van der Waals surface area (Å²) in [6, 6.07) is 5.03. The SMILES string of the molecule is CC1CCC(C(O)c2cccc(C(F)(F)F)c2)C1. The molecule has 1 N–H and O–H groups in total. The Morgan fingerprint density at radius 3 is 2.56 bits per heavy atom. The molecular weight excluding hydrogens is 241 g/mol. The fourth-order valence-electron chi connectivity index (χ4n) is 2.71. The molecule has 0 aromatic heterocycles. The highest BCUT2D eigenvalue weighted by Crippen LogP contribution is 2.40. The van der Waals surface area contributed by atoms with E-state index >= 15 is 0 Å². The molecule has 2 rings (SSSR count). The zero-order valence-corrected chi connectivity index (χ0v) is 10.2. The average Bonchev–Trinajstić information content (AvgIpc) is 2.74. The van der Waals surface area contributed by atoms with Gasteiger partial charge in [-0.2, -0.15) is 13.2 Å². The number of aliphatic hydroxyl groups excluding tert-OH is 1. The molecule has 100 valence electrons. The molecule has 1 aromatic rings. The number of rotatable bonds is 2. The van der Waals surface area contributed by atoms with Crippen LogP contribution in [0.25, 0.3) is 0 Å². The van der Waals surface area contributed by atoms with Crippen molar-refractivity contribution in [3.05, 3.63) is 35.4 Å². The minimum absolute atomic E-state index is 0.0866. The molecule has 0 heterocycles. The molecule has 18 heavy (non-hydrogen) atoms. The van der Waals surface area contributed by atoms with Gasteiger partial charge in [0, 0.05) is 0 Å². The number of hydrogen-bond acceptors (Lipinski definition) is 1. The van der Waals surface area contributed by atoms with Crippen molar-refractivity contribution in [2.75, 3.05) is 0 Å². The molecule has 1 aromatic carbocycles. The molecule has 0 spiro atoms. The summed E-state index contributed by atoms with van der Waals surface area (Å²) < 4.78 is 37.8. The van der Waals surface area contributed by atoms with Gasteiger partial charge in [0.1, 0.15) is 0 Å². The van der Waals surface area contributed by atoms with Gasteiger partial charge >= 0.3 is 6.18 Å². The predicted molar refractivity (Wildman–Crippen MR) is 62.9 cm³/mol. The van der Waals surface area contributed by atoms with Crippen LogP contribution in [0.3, 0.4) is 0 Å². The van der Waals surface area contributed by atoms with E-state index in [0.29, 0.717) is 11.5 Å². The van der Waals surface area contributed by atoms with E-state index in [4.69, 9.17) is 0 Å². The molecule has 3 atom stereocenters. The van der Waals surface area contributed by atoms with Crippen LogP contribution in [0.15, 0.2) is 24.3 Å². The van der Waals surface area contributed by atoms with E-state index in [1.165, 1.54) is 6.07 Å². The largest absolute Gasteiger partial charge is 0.416 e. The summed E-state index contributed by atoms with van der Waals surface area (Å²) in [5, 5.41) is 10.2. The number of alkyl halides is 3. The molecule has 1 aliphatic carbocycles. The molecule has 1 saturated carbocycles. The van der Waals surface area contributed by atoms with E-state index in [1.54, 1.807) is 6.07 Å². The van der Waals surface area contributed by atoms with Crippen molar-refractivity contribution >= 4 is 0 Å². The van der Waals surface area contributed by atoms with Gasteiger partial charge in [-0.3, -0.25) is 0 Å². The number of hydrogen-bond donors (Lipinski definition) is 1. The molecule has 1 fully saturated rings. The average molecular weight is 258 g/mol. The van der Waals surface area contributed by atoms with Crippen LogP contribution in [0.1, 0.15) is 43.4 Å². The Balaban J connectivity index is 2.18. The molecule has 3 unspecified atom stereocenters. The van der Waals surface area contributed by atoms with Crippen LogP contribution in [-0.4, -0.2) is 5.11 Å². The number of halogens is 3. The van der Waals surface area contributed by atoms with Crippen molar-refractivity contribution in [2.24, 2.45) is 11.8 Å². The van der Waals surface area contributed by atoms with E-state index in [1.807, 2.05) is 0 Å². The predicted octanol–water partition coefficient (Wildman–Crippen LogP) is 4.18. The first-order valence-corrected chi connectivity index (χ1v) is 6.23. The molecule has 0 saturated heterocycles. The lowest BCUT2D eigenvalue weighted by Gasteiger charge is -2.19. The summed E-state index contributed by atoms with van der Waals surface area (Å²) in [7, 11) is 0. The molecule has 0 bridgehead atoms. The molecule has 1 aliphatic rings. The lowest BCUT2D eigenvalue weighted by molar-refractivity contribution is -0.137. The molecule has 0 aliphatic heterocycles. The van der Waals surface area contributed by atoms with Crippen molar-refractivity contribution < 1.29 is 18.3 Å². The highest BCUT2D eigenvalue weighted by atomic mass is 19.4. The smallest absolute Gasteiger partial charge is 0.388 e. The summed E-state index contributed by atoms with van der Waals surface area (Å²) in [5.41, 5.74) is -0.311. The summed E-state index contributed by atoms with van der Waals surface area (Å²) in [6.07, 6.45) is -2.31. The van der Waals surface area contributed by atoms with Gasteiger partial charge < -0.3 is 5.11 Å². The Morgan fingerprint density at radius 1 is 1.28 bits per heavy atom. The number of benzene rings is 1. The Labute approximate surface area is 105 Å². The van der Waals surface area contributed by atoms with Crippen LogP contribution in [0.4, 0.5) is 13.2 Å². The fourth-order valence-corrected chi connectivity index (χ4v) is 2.71. The van der Waals surface area contributed by atoms with Gasteiger partial charge in [0.25, 0.3) is 0 Å². The second-order valence-corrected chi connectivity index (χ2v) is 5.25. The number of aliphatic hydroxyl groups is 1. The van der Waals surface area contributed by atoms with E-state index < -0.39 is 17.8 Å². The van der Waals surface area contributed by atoms with Gasteiger partial charge in [-0.1, -0.05) is 25.5 Å². The van der Waals surface area contributed by atoms with Crippen LogP contribution in [-0.2, 0) is 6.18 Å². The molecular formula is C14H17F3O. The lowest BCUT2D eigenvalue weighted by Crippen LogP contribution is -2.11. The van der Waals surface area contributed by atoms with Crippen molar-refractivity contribution in [1.82, 2.24) is 0 Å². The Kier molecular flexibility index (Phi) is 3.66. The van der Waals surface area contributed by atoms with Gasteiger partial charge in [0.15, 0.2) is 0 Å². The van der Waals surface area contributed by atoms with Crippen LogP contribution in [0.5, 0.6) is 0 Å². The van der Waals surface area contributed by atoms with Crippen LogP contribution >= 0.6 is 0 Å². The van der Waals surface area contributed by atoms with Gasteiger partial charge in [-0.15, -0.1) is 0 Å². The van der Waals surface area contributed by atoms with Crippen molar-refractivity contribution in [3.8, 4) is 0 Å². The highest BCUT2D eigenvalue weighted by Gasteiger charge is 2.33. The Bertz CT molecular complexity index is 414. The maximum Gasteiger partial charge on any atom is 0.416 e. The minimum atomic E-state index is -4.35. The summed E-state index contributed by atoms with van der Waals surface area (Å²) in [4.78, 5) is 0. The second-order valence-electron chi connectivity index (χ2n) is 5.25. The van der Waals surface area contributed by atoms with E-state index in [0.717, 1.165) is 31.4 Å². The molecule has 4 heteroatoms. The molecule has 0 amide bonds. The summed E-state index contributed by atoms with van der Waals surface area (Å²) in [6.45, 7) is 2.11. The lowest BCUT2D eigenvalue weighted by atomic mass is 9.92. The van der Waals surface area contributed by atoms with Crippen molar-refractivity contribution in [1.29, 1.82) is 0 Å². The molecule has 0 radical (unpaired) electrons. The third-order valence-corrected chi connectivity index (χ3v) is 3.74. The van der Waals surface area contributed by atoms with Gasteiger partial charge in [-0.25, -0.2) is 0 Å². The molecule has 1 nitrogen and oxygen atoms in total. The summed E-state index contributed by atoms with van der Waals surface area (Å²) in [5.74, 6) is 0.638. The first-order valence-electron chi connectivity index (χ1n) is 6.23. The van der Waals surface area contributed by atoms with Crippen molar-refractivity contribution in [3.63, 3.8) is 0 Å². The third kappa shape index (κ3) is 2.86. The van der Waals surface area contributed by atoms with Gasteiger partial charge in [0.2, 0.25) is 0 Å². The normalized spacial score (nSPS) is 26.3. The van der Waals surface area contributed by atoms with Crippen LogP contribution in [0, 0.1) is 11.8 Å². The van der Waals surface area contributed by atoms with Crippen molar-refractivity contribution in [2.45, 2.75) is 38.5 Å². The quantitative estimate of drug-likeness (QED) is 0.843. The third-order valence-electron chi connectivity index (χ3n) is 3.74. The highest BCUT2D eigenvalue weighted by molar-refractivity contribution is 5.27. The maximum atomic E-state index is 12.6. The zero-order chi connectivity index (χ0) is 13.3. The summed E-state index contributed by atoms with van der Waals surface area (Å²) >= 11 is 0. The second kappa shape index (κ2) is 4.92. The zero-order valence-electron chi connectivity index (χ0n) is 10.2. The fraction of sp³-hybridized carbons (Fsp3) is 0.571. The topological polar surface area (TPSA) is 20.2 Å². The van der Waals surface area contributed by atoms with E-state index in [2.05, 4.69) is 6.92 Å². The Morgan fingerprint density at radius 2 is 2.00 bits per heavy atom. The Hall–Kier alpha value is -1.03. The van der Waals surface area contributed by atoms with Crippen LogP contribution < -0.4 is 0 Å². The standard InChI is InChI=1S/C14H17F3O/c1-9-5-6-11(7-9)13(18)10-3-2-4-12(8-10)14(15,16)17/h2-4,8-9,11,13,18H,5-7H2,1H3. The first-order chi connectivity index (χ1) is 8.38. The van der Waals surface area contributed by atoms with E-state index in [-0.39, 0.29) is 5.92 Å². The van der Waals surface area contributed by atoms with Gasteiger partial charge in [0.05, 0.1) is 11.7 Å². The van der Waals surface area contributed by atoms with Crippen LogP contribution in [0.2, 0.25) is 0 Å². The maximum absolute atomic E-state index is 12.6. The van der Waals surface area contributed by atoms with Gasteiger partial charge in [-0.05, 0) is 42.4 Å². The van der Waals surface area contributed by atoms with E-state index in [9.17, 15) is 18.3 Å². The monoisotopic (exact) mass is 258 g/mol. The first kappa shape index (κ1) is 13.4. The minimum Gasteiger partial charge on any atom is -0.388 e.